The van der Waals surface area contributed by atoms with Gasteiger partial charge in [-0.2, -0.15) is 18.2 Å². The van der Waals surface area contributed by atoms with Crippen LogP contribution in [-0.2, 0) is 6.18 Å². The van der Waals surface area contributed by atoms with Gasteiger partial charge < -0.3 is 19.6 Å². The van der Waals surface area contributed by atoms with Crippen LogP contribution < -0.4 is 9.80 Å². The maximum absolute atomic E-state index is 13.0. The molecule has 1 aromatic heterocycles. The molecule has 2 fully saturated rings. The van der Waals surface area contributed by atoms with Crippen molar-refractivity contribution >= 4 is 17.7 Å². The Bertz CT molecular complexity index is 966. The lowest BCUT2D eigenvalue weighted by Crippen LogP contribution is -2.49. The summed E-state index contributed by atoms with van der Waals surface area (Å²) >= 11 is 0. The molecule has 3 heterocycles. The fourth-order valence-electron chi connectivity index (χ4n) is 4.00. The summed E-state index contributed by atoms with van der Waals surface area (Å²) in [5.41, 5.74) is 0.121. The van der Waals surface area contributed by atoms with Gasteiger partial charge in [0.1, 0.15) is 5.82 Å². The molecule has 2 aromatic rings. The fraction of sp³-hybridized carbons (Fsp3) is 0.500. The van der Waals surface area contributed by atoms with Gasteiger partial charge in [-0.25, -0.2) is 4.98 Å². The fourth-order valence-corrected chi connectivity index (χ4v) is 4.00. The van der Waals surface area contributed by atoms with Crippen LogP contribution in [0.15, 0.2) is 30.3 Å². The Morgan fingerprint density at radius 2 is 1.56 bits per heavy atom. The predicted octanol–water partition coefficient (Wildman–Crippen LogP) is 2.52. The third kappa shape index (κ3) is 4.95. The minimum absolute atomic E-state index is 0.0532. The Kier molecular flexibility index (Phi) is 6.23. The Hall–Kier alpha value is -2.88. The van der Waals surface area contributed by atoms with E-state index in [1.54, 1.807) is 4.90 Å². The summed E-state index contributed by atoms with van der Waals surface area (Å²) in [6, 6.07) is 6.58. The summed E-state index contributed by atoms with van der Waals surface area (Å²) in [4.78, 5) is 30.3. The highest BCUT2D eigenvalue weighted by Crippen LogP contribution is 2.30. The van der Waals surface area contributed by atoms with E-state index in [2.05, 4.69) is 21.8 Å². The standard InChI is InChI=1S/C22H27F3N6O/c1-16-14-19(29-8-6-28(2)7-9-29)27-21(26-16)31-12-10-30(11-13-31)20(32)17-4-3-5-18(15-17)22(23,24)25/h3-5,14-15H,6-13H2,1-2H3. The third-order valence-corrected chi connectivity index (χ3v) is 5.94. The van der Waals surface area contributed by atoms with Crippen molar-refractivity contribution in [1.29, 1.82) is 0 Å². The molecule has 4 rings (SSSR count). The Morgan fingerprint density at radius 3 is 2.22 bits per heavy atom. The summed E-state index contributed by atoms with van der Waals surface area (Å²) < 4.78 is 38.9. The van der Waals surface area contributed by atoms with E-state index in [0.29, 0.717) is 32.1 Å². The van der Waals surface area contributed by atoms with Crippen LogP contribution in [0, 0.1) is 6.92 Å². The number of halogens is 3. The summed E-state index contributed by atoms with van der Waals surface area (Å²) in [7, 11) is 2.11. The number of hydrogen-bond donors (Lipinski definition) is 0. The number of carbonyl (C=O) groups is 1. The summed E-state index contributed by atoms with van der Waals surface area (Å²) in [6.07, 6.45) is -4.47. The van der Waals surface area contributed by atoms with Gasteiger partial charge >= 0.3 is 6.18 Å². The molecule has 1 aromatic carbocycles. The maximum atomic E-state index is 13.0. The van der Waals surface area contributed by atoms with Crippen molar-refractivity contribution in [3.05, 3.63) is 47.2 Å². The number of piperazine rings is 2. The second kappa shape index (κ2) is 8.93. The van der Waals surface area contributed by atoms with E-state index in [1.807, 2.05) is 17.9 Å². The van der Waals surface area contributed by atoms with E-state index in [1.165, 1.54) is 12.1 Å². The number of aromatic nitrogens is 2. The summed E-state index contributed by atoms with van der Waals surface area (Å²) in [6.45, 7) is 7.57. The first-order chi connectivity index (χ1) is 15.2. The zero-order chi connectivity index (χ0) is 22.9. The number of rotatable bonds is 3. The number of hydrogen-bond acceptors (Lipinski definition) is 6. The topological polar surface area (TPSA) is 55.8 Å². The molecule has 0 spiro atoms. The number of amides is 1. The molecule has 32 heavy (non-hydrogen) atoms. The van der Waals surface area contributed by atoms with Crippen molar-refractivity contribution in [3.63, 3.8) is 0 Å². The number of nitrogens with zero attached hydrogens (tertiary/aromatic N) is 6. The van der Waals surface area contributed by atoms with Crippen LogP contribution in [0.4, 0.5) is 24.9 Å². The molecular formula is C22H27F3N6O. The van der Waals surface area contributed by atoms with E-state index in [0.717, 1.165) is 49.8 Å². The normalized spacial score (nSPS) is 18.2. The quantitative estimate of drug-likeness (QED) is 0.720. The molecule has 0 unspecified atom stereocenters. The van der Waals surface area contributed by atoms with Crippen LogP contribution >= 0.6 is 0 Å². The molecule has 1 amide bonds. The van der Waals surface area contributed by atoms with Crippen LogP contribution in [0.25, 0.3) is 0 Å². The van der Waals surface area contributed by atoms with Gasteiger partial charge in [-0.05, 0) is 32.2 Å². The summed E-state index contributed by atoms with van der Waals surface area (Å²) in [5, 5.41) is 0. The van der Waals surface area contributed by atoms with Crippen LogP contribution in [0.3, 0.4) is 0 Å². The molecule has 10 heteroatoms. The molecule has 0 bridgehead atoms. The molecule has 2 saturated heterocycles. The predicted molar refractivity (Wildman–Crippen MR) is 116 cm³/mol. The maximum Gasteiger partial charge on any atom is 0.416 e. The Morgan fingerprint density at radius 1 is 0.906 bits per heavy atom. The molecule has 0 radical (unpaired) electrons. The second-order valence-electron chi connectivity index (χ2n) is 8.32. The SMILES string of the molecule is Cc1cc(N2CCN(C)CC2)nc(N2CCN(C(=O)c3cccc(C(F)(F)F)c3)CC2)n1. The third-order valence-electron chi connectivity index (χ3n) is 5.94. The number of alkyl halides is 3. The number of carbonyl (C=O) groups excluding carboxylic acids is 1. The van der Waals surface area contributed by atoms with Crippen molar-refractivity contribution in [1.82, 2.24) is 19.8 Å². The van der Waals surface area contributed by atoms with Gasteiger partial charge in [-0.3, -0.25) is 4.79 Å². The number of aryl methyl sites for hydroxylation is 1. The second-order valence-corrected chi connectivity index (χ2v) is 8.32. The molecule has 0 saturated carbocycles. The van der Waals surface area contributed by atoms with Crippen LogP contribution in [0.2, 0.25) is 0 Å². The van der Waals surface area contributed by atoms with Gasteiger partial charge in [0.25, 0.3) is 5.91 Å². The first-order valence-electron chi connectivity index (χ1n) is 10.7. The molecule has 2 aliphatic rings. The molecular weight excluding hydrogens is 421 g/mol. The highest BCUT2D eigenvalue weighted by molar-refractivity contribution is 5.94. The van der Waals surface area contributed by atoms with Crippen LogP contribution in [0.5, 0.6) is 0 Å². The molecule has 2 aliphatic heterocycles. The van der Waals surface area contributed by atoms with Crippen molar-refractivity contribution in [3.8, 4) is 0 Å². The zero-order valence-electron chi connectivity index (χ0n) is 18.3. The average molecular weight is 448 g/mol. The van der Waals surface area contributed by atoms with E-state index >= 15 is 0 Å². The molecule has 7 nitrogen and oxygen atoms in total. The molecule has 172 valence electrons. The lowest BCUT2D eigenvalue weighted by molar-refractivity contribution is -0.137. The van der Waals surface area contributed by atoms with Crippen molar-refractivity contribution in [2.24, 2.45) is 0 Å². The highest BCUT2D eigenvalue weighted by Gasteiger charge is 2.32. The Labute approximate surface area is 185 Å². The number of likely N-dealkylation sites (N-methyl/N-ethyl adjacent to an activating group) is 1. The largest absolute Gasteiger partial charge is 0.416 e. The van der Waals surface area contributed by atoms with Crippen LogP contribution in [-0.4, -0.2) is 85.1 Å². The first-order valence-corrected chi connectivity index (χ1v) is 10.7. The molecule has 0 aliphatic carbocycles. The smallest absolute Gasteiger partial charge is 0.354 e. The van der Waals surface area contributed by atoms with E-state index in [-0.39, 0.29) is 11.5 Å². The van der Waals surface area contributed by atoms with Gasteiger partial charge in [-0.15, -0.1) is 0 Å². The zero-order valence-corrected chi connectivity index (χ0v) is 18.3. The Balaban J connectivity index is 1.42. The van der Waals surface area contributed by atoms with Gasteiger partial charge in [0.05, 0.1) is 5.56 Å². The highest BCUT2D eigenvalue weighted by atomic mass is 19.4. The van der Waals surface area contributed by atoms with E-state index in [9.17, 15) is 18.0 Å². The van der Waals surface area contributed by atoms with Crippen molar-refractivity contribution in [2.45, 2.75) is 13.1 Å². The van der Waals surface area contributed by atoms with Crippen molar-refractivity contribution in [2.75, 3.05) is 69.2 Å². The monoisotopic (exact) mass is 448 g/mol. The van der Waals surface area contributed by atoms with Crippen LogP contribution in [0.1, 0.15) is 21.6 Å². The summed E-state index contributed by atoms with van der Waals surface area (Å²) in [5.74, 6) is 1.15. The van der Waals surface area contributed by atoms with Gasteiger partial charge in [0.15, 0.2) is 0 Å². The van der Waals surface area contributed by atoms with Gasteiger partial charge in [0, 0.05) is 69.7 Å². The lowest BCUT2D eigenvalue weighted by Gasteiger charge is -2.36. The van der Waals surface area contributed by atoms with Gasteiger partial charge in [-0.1, -0.05) is 6.07 Å². The van der Waals surface area contributed by atoms with Crippen molar-refractivity contribution < 1.29 is 18.0 Å². The lowest BCUT2D eigenvalue weighted by atomic mass is 10.1. The molecule has 0 N–H and O–H groups in total. The first kappa shape index (κ1) is 22.3. The van der Waals surface area contributed by atoms with Gasteiger partial charge in [0.2, 0.25) is 5.95 Å². The minimum atomic E-state index is -4.47. The number of benzene rings is 1. The van der Waals surface area contributed by atoms with E-state index in [4.69, 9.17) is 4.98 Å². The van der Waals surface area contributed by atoms with E-state index < -0.39 is 11.7 Å². The minimum Gasteiger partial charge on any atom is -0.354 e. The molecule has 0 atom stereocenters. The number of anilines is 2. The average Bonchev–Trinajstić information content (AvgIpc) is 2.78.